The number of urea groups is 1. The van der Waals surface area contributed by atoms with Crippen LogP contribution >= 0.6 is 11.8 Å². The van der Waals surface area contributed by atoms with Gasteiger partial charge in [0.05, 0.1) is 6.54 Å². The number of benzene rings is 2. The lowest BCUT2D eigenvalue weighted by atomic mass is 10.2. The van der Waals surface area contributed by atoms with Crippen molar-refractivity contribution in [1.82, 2.24) is 25.0 Å². The Bertz CT molecular complexity index is 1010. The Morgan fingerprint density at radius 1 is 1.03 bits per heavy atom. The van der Waals surface area contributed by atoms with Crippen molar-refractivity contribution < 1.29 is 14.0 Å². The summed E-state index contributed by atoms with van der Waals surface area (Å²) in [5, 5.41) is 11.8. The molecule has 1 fully saturated rings. The highest BCUT2D eigenvalue weighted by molar-refractivity contribution is 7.99. The summed E-state index contributed by atoms with van der Waals surface area (Å²) >= 11 is 1.49. The van der Waals surface area contributed by atoms with Crippen LogP contribution in [0.5, 0.6) is 0 Å². The van der Waals surface area contributed by atoms with Gasteiger partial charge in [-0.15, -0.1) is 10.2 Å². The first-order valence-corrected chi connectivity index (χ1v) is 10.1. The monoisotopic (exact) mass is 411 g/mol. The number of hydrogen-bond acceptors (Lipinski definition) is 5. The van der Waals surface area contributed by atoms with E-state index in [4.69, 9.17) is 0 Å². The molecule has 3 aromatic rings. The number of nitrogens with one attached hydrogen (secondary N) is 1. The average Bonchev–Trinajstić information content (AvgIpc) is 3.30. The molecule has 29 heavy (non-hydrogen) atoms. The molecule has 0 saturated carbocycles. The standard InChI is InChI=1S/C20H18FN5O2S/c21-15-9-7-14(8-10-15)18-23-24-20(26(18)16-5-2-1-3-6-16)29-12-4-11-25-17(27)13-22-19(25)28/h1-3,5-10H,4,11-13H2,(H,22,28). The Labute approximate surface area is 170 Å². The maximum absolute atomic E-state index is 13.3. The van der Waals surface area contributed by atoms with Crippen LogP contribution in [0.25, 0.3) is 17.1 Å². The minimum Gasteiger partial charge on any atom is -0.329 e. The largest absolute Gasteiger partial charge is 0.329 e. The molecule has 0 atom stereocenters. The number of para-hydroxylation sites is 1. The maximum atomic E-state index is 13.3. The molecule has 0 unspecified atom stereocenters. The van der Waals surface area contributed by atoms with Gasteiger partial charge in [0.1, 0.15) is 5.82 Å². The first-order chi connectivity index (χ1) is 14.1. The van der Waals surface area contributed by atoms with Crippen molar-refractivity contribution in [2.75, 3.05) is 18.8 Å². The topological polar surface area (TPSA) is 80.1 Å². The van der Waals surface area contributed by atoms with E-state index >= 15 is 0 Å². The van der Waals surface area contributed by atoms with Gasteiger partial charge in [0.15, 0.2) is 11.0 Å². The number of carbonyl (C=O) groups excluding carboxylic acids is 2. The minimum atomic E-state index is -0.342. The summed E-state index contributed by atoms with van der Waals surface area (Å²) in [6.07, 6.45) is 0.636. The number of aromatic nitrogens is 3. The summed E-state index contributed by atoms with van der Waals surface area (Å²) < 4.78 is 15.2. The van der Waals surface area contributed by atoms with Crippen LogP contribution in [0.15, 0.2) is 59.8 Å². The zero-order valence-electron chi connectivity index (χ0n) is 15.4. The molecule has 9 heteroatoms. The Balaban J connectivity index is 1.53. The SMILES string of the molecule is O=C1CNC(=O)N1CCCSc1nnc(-c2ccc(F)cc2)n1-c1ccccc1. The van der Waals surface area contributed by atoms with E-state index in [2.05, 4.69) is 15.5 Å². The van der Waals surface area contributed by atoms with Gasteiger partial charge in [0, 0.05) is 23.5 Å². The predicted molar refractivity (Wildman–Crippen MR) is 107 cm³/mol. The maximum Gasteiger partial charge on any atom is 0.324 e. The summed E-state index contributed by atoms with van der Waals surface area (Å²) in [5.41, 5.74) is 1.65. The lowest BCUT2D eigenvalue weighted by Crippen LogP contribution is -2.32. The van der Waals surface area contributed by atoms with E-state index in [9.17, 15) is 14.0 Å². The molecule has 148 valence electrons. The molecule has 0 aliphatic carbocycles. The van der Waals surface area contributed by atoms with Crippen LogP contribution in [-0.2, 0) is 4.79 Å². The van der Waals surface area contributed by atoms with E-state index in [1.807, 2.05) is 34.9 Å². The first-order valence-electron chi connectivity index (χ1n) is 9.11. The van der Waals surface area contributed by atoms with Gasteiger partial charge in [-0.3, -0.25) is 14.3 Å². The molecule has 1 N–H and O–H groups in total. The molecular weight excluding hydrogens is 393 g/mol. The number of thioether (sulfide) groups is 1. The molecule has 0 spiro atoms. The molecule has 2 heterocycles. The van der Waals surface area contributed by atoms with Crippen LogP contribution in [0.1, 0.15) is 6.42 Å². The normalized spacial score (nSPS) is 13.8. The van der Waals surface area contributed by atoms with Crippen LogP contribution in [0, 0.1) is 5.82 Å². The lowest BCUT2D eigenvalue weighted by molar-refractivity contribution is -0.124. The van der Waals surface area contributed by atoms with Crippen LogP contribution in [0.4, 0.5) is 9.18 Å². The summed E-state index contributed by atoms with van der Waals surface area (Å²) in [7, 11) is 0. The van der Waals surface area contributed by atoms with Crippen LogP contribution in [0.2, 0.25) is 0 Å². The third-order valence-electron chi connectivity index (χ3n) is 4.44. The lowest BCUT2D eigenvalue weighted by Gasteiger charge is -2.12. The van der Waals surface area contributed by atoms with E-state index in [-0.39, 0.29) is 24.3 Å². The Morgan fingerprint density at radius 3 is 2.48 bits per heavy atom. The van der Waals surface area contributed by atoms with Crippen molar-refractivity contribution >= 4 is 23.7 Å². The second kappa shape index (κ2) is 8.44. The predicted octanol–water partition coefficient (Wildman–Crippen LogP) is 3.11. The van der Waals surface area contributed by atoms with Crippen molar-refractivity contribution in [2.45, 2.75) is 11.6 Å². The molecule has 1 aliphatic heterocycles. The fourth-order valence-corrected chi connectivity index (χ4v) is 3.90. The van der Waals surface area contributed by atoms with Gasteiger partial charge < -0.3 is 5.32 Å². The summed E-state index contributed by atoms with van der Waals surface area (Å²) in [6.45, 7) is 0.428. The van der Waals surface area contributed by atoms with E-state index in [1.165, 1.54) is 28.8 Å². The van der Waals surface area contributed by atoms with E-state index in [1.54, 1.807) is 12.1 Å². The zero-order chi connectivity index (χ0) is 20.2. The van der Waals surface area contributed by atoms with Crippen molar-refractivity contribution in [3.05, 3.63) is 60.4 Å². The van der Waals surface area contributed by atoms with Gasteiger partial charge >= 0.3 is 6.03 Å². The second-order valence-corrected chi connectivity index (χ2v) is 7.45. The smallest absolute Gasteiger partial charge is 0.324 e. The molecular formula is C20H18FN5O2S. The number of carbonyl (C=O) groups is 2. The van der Waals surface area contributed by atoms with Crippen LogP contribution < -0.4 is 5.32 Å². The van der Waals surface area contributed by atoms with Crippen molar-refractivity contribution in [3.8, 4) is 17.1 Å². The number of imide groups is 1. The molecule has 1 aromatic heterocycles. The van der Waals surface area contributed by atoms with Crippen molar-refractivity contribution in [3.63, 3.8) is 0 Å². The van der Waals surface area contributed by atoms with Gasteiger partial charge in [-0.25, -0.2) is 9.18 Å². The summed E-state index contributed by atoms with van der Waals surface area (Å²) in [5.74, 6) is 0.763. The Morgan fingerprint density at radius 2 is 1.79 bits per heavy atom. The number of rotatable bonds is 7. The van der Waals surface area contributed by atoms with Gasteiger partial charge in [0.25, 0.3) is 0 Å². The fourth-order valence-electron chi connectivity index (χ4n) is 3.03. The number of hydrogen-bond donors (Lipinski definition) is 1. The fraction of sp³-hybridized carbons (Fsp3) is 0.200. The number of halogens is 1. The third-order valence-corrected chi connectivity index (χ3v) is 5.46. The molecule has 2 aromatic carbocycles. The van der Waals surface area contributed by atoms with Gasteiger partial charge in [0.2, 0.25) is 5.91 Å². The van der Waals surface area contributed by atoms with E-state index in [0.29, 0.717) is 29.7 Å². The van der Waals surface area contributed by atoms with Gasteiger partial charge in [-0.1, -0.05) is 30.0 Å². The Hall–Kier alpha value is -3.20. The van der Waals surface area contributed by atoms with Crippen molar-refractivity contribution in [1.29, 1.82) is 0 Å². The average molecular weight is 411 g/mol. The molecule has 1 saturated heterocycles. The molecule has 0 bridgehead atoms. The molecule has 4 rings (SSSR count). The zero-order valence-corrected chi connectivity index (χ0v) is 16.2. The highest BCUT2D eigenvalue weighted by atomic mass is 32.2. The van der Waals surface area contributed by atoms with E-state index < -0.39 is 0 Å². The molecule has 0 radical (unpaired) electrons. The van der Waals surface area contributed by atoms with Crippen molar-refractivity contribution in [2.24, 2.45) is 0 Å². The molecule has 3 amide bonds. The second-order valence-electron chi connectivity index (χ2n) is 6.39. The molecule has 7 nitrogen and oxygen atoms in total. The van der Waals surface area contributed by atoms with E-state index in [0.717, 1.165) is 11.3 Å². The summed E-state index contributed by atoms with van der Waals surface area (Å²) in [6, 6.07) is 15.5. The minimum absolute atomic E-state index is 0.0648. The highest BCUT2D eigenvalue weighted by Crippen LogP contribution is 2.28. The quantitative estimate of drug-likeness (QED) is 0.367. The summed E-state index contributed by atoms with van der Waals surface area (Å²) in [4.78, 5) is 24.5. The Kier molecular flexibility index (Phi) is 5.57. The number of nitrogens with zero attached hydrogens (tertiary/aromatic N) is 4. The number of amides is 3. The van der Waals surface area contributed by atoms with Crippen LogP contribution in [-0.4, -0.2) is 50.4 Å². The van der Waals surface area contributed by atoms with Crippen LogP contribution in [0.3, 0.4) is 0 Å². The van der Waals surface area contributed by atoms with Gasteiger partial charge in [-0.05, 0) is 42.8 Å². The first kappa shape index (κ1) is 19.1. The van der Waals surface area contributed by atoms with Gasteiger partial charge in [-0.2, -0.15) is 0 Å². The highest BCUT2D eigenvalue weighted by Gasteiger charge is 2.27. The third kappa shape index (κ3) is 4.14. The molecule has 1 aliphatic rings.